The average Bonchev–Trinajstić information content (AvgIpc) is 3.00. The summed E-state index contributed by atoms with van der Waals surface area (Å²) in [6.07, 6.45) is 6.50. The van der Waals surface area contributed by atoms with Gasteiger partial charge in [0.1, 0.15) is 29.3 Å². The molecule has 49 heavy (non-hydrogen) atoms. The molecule has 1 fully saturated rings. The van der Waals surface area contributed by atoms with Crippen molar-refractivity contribution < 1.29 is 28.2 Å². The number of piperazine rings is 1. The van der Waals surface area contributed by atoms with E-state index < -0.39 is 35.3 Å². The Hall–Kier alpha value is -5.01. The molecule has 1 atom stereocenters. The minimum Gasteiger partial charge on any atom is -0.444 e. The van der Waals surface area contributed by atoms with Crippen molar-refractivity contribution in [1.82, 2.24) is 25.2 Å². The Bertz CT molecular complexity index is 1640. The van der Waals surface area contributed by atoms with Crippen LogP contribution in [0.1, 0.15) is 61.1 Å². The molecule has 2 aliphatic rings. The molecule has 1 unspecified atom stereocenters. The summed E-state index contributed by atoms with van der Waals surface area (Å²) >= 11 is 0. The van der Waals surface area contributed by atoms with E-state index in [2.05, 4.69) is 25.6 Å². The third-order valence-corrected chi connectivity index (χ3v) is 7.42. The largest absolute Gasteiger partial charge is 0.508 e. The zero-order valence-corrected chi connectivity index (χ0v) is 29.7. The van der Waals surface area contributed by atoms with Gasteiger partial charge in [-0.2, -0.15) is 0 Å². The predicted octanol–water partition coefficient (Wildman–Crippen LogP) is 6.23. The lowest BCUT2D eigenvalue weighted by atomic mass is 9.93. The fraction of sp³-hybridized carbons (Fsp3) is 0.486. The Kier molecular flexibility index (Phi) is 11.3. The van der Waals surface area contributed by atoms with Gasteiger partial charge in [0.25, 0.3) is 0 Å². The second kappa shape index (κ2) is 15.0. The number of halogens is 1. The number of anilines is 3. The molecule has 3 heterocycles. The maximum absolute atomic E-state index is 15.0. The van der Waals surface area contributed by atoms with Crippen LogP contribution in [-0.4, -0.2) is 88.3 Å². The van der Waals surface area contributed by atoms with Crippen molar-refractivity contribution in [2.24, 2.45) is 5.92 Å². The summed E-state index contributed by atoms with van der Waals surface area (Å²) in [5.41, 5.74) is 1.85. The zero-order chi connectivity index (χ0) is 36.1. The smallest absolute Gasteiger partial charge is 0.444 e. The van der Waals surface area contributed by atoms with Crippen molar-refractivity contribution in [1.29, 1.82) is 5.41 Å². The number of carbonyl (C=O) groups excluding carboxylic acids is 2. The number of nitrogens with zero attached hydrogens (tertiary/aromatic N) is 5. The van der Waals surface area contributed by atoms with Gasteiger partial charge in [-0.15, -0.1) is 0 Å². The quantitative estimate of drug-likeness (QED) is 0.272. The predicted molar refractivity (Wildman–Crippen MR) is 186 cm³/mol. The van der Waals surface area contributed by atoms with Crippen LogP contribution in [0.5, 0.6) is 0 Å². The fourth-order valence-electron chi connectivity index (χ4n) is 5.28. The molecular weight excluding hydrogens is 631 g/mol. The Balaban J connectivity index is 1.49. The van der Waals surface area contributed by atoms with E-state index in [1.54, 1.807) is 84.0 Å². The molecule has 1 aliphatic heterocycles. The van der Waals surface area contributed by atoms with Crippen molar-refractivity contribution in [2.45, 2.75) is 72.6 Å². The van der Waals surface area contributed by atoms with E-state index in [0.717, 1.165) is 17.6 Å². The van der Waals surface area contributed by atoms with Crippen LogP contribution in [0.15, 0.2) is 54.0 Å². The molecule has 2 aromatic rings. The van der Waals surface area contributed by atoms with Gasteiger partial charge in [0.05, 0.1) is 29.8 Å². The number of rotatable bonds is 8. The number of ether oxygens (including phenoxy) is 3. The molecule has 14 heteroatoms. The number of aromatic nitrogens is 3. The number of carbonyl (C=O) groups is 2. The normalized spacial score (nSPS) is 17.8. The maximum atomic E-state index is 15.0. The molecule has 0 saturated carbocycles. The highest BCUT2D eigenvalue weighted by Crippen LogP contribution is 2.28. The van der Waals surface area contributed by atoms with Gasteiger partial charge in [0.15, 0.2) is 5.82 Å². The topological polar surface area (TPSA) is 155 Å². The molecule has 1 amide bonds. The Morgan fingerprint density at radius 1 is 1.04 bits per heavy atom. The Morgan fingerprint density at radius 3 is 2.37 bits per heavy atom. The molecule has 264 valence electrons. The Labute approximate surface area is 287 Å². The minimum absolute atomic E-state index is 0.0836. The number of pyridine rings is 1. The summed E-state index contributed by atoms with van der Waals surface area (Å²) in [4.78, 5) is 42.0. The van der Waals surface area contributed by atoms with Gasteiger partial charge in [0, 0.05) is 43.5 Å². The molecule has 0 aromatic carbocycles. The highest BCUT2D eigenvalue weighted by Gasteiger charge is 2.35. The van der Waals surface area contributed by atoms with Crippen LogP contribution in [0.25, 0.3) is 5.57 Å². The monoisotopic (exact) mass is 678 g/mol. The SMILES string of the molecule is CN/C(=C1/C=C(c2nc(Nc3ccc(N4CCN(C(=O)OC(C)(C)C)C(COC(=O)OC(C)(C)C)C4)cn3)ncc2F)C=CC1=N)C(C)C. The van der Waals surface area contributed by atoms with Crippen molar-refractivity contribution in [2.75, 3.05) is 43.5 Å². The molecule has 0 spiro atoms. The molecular formula is C35H47FN8O5. The van der Waals surface area contributed by atoms with Crippen LogP contribution in [0, 0.1) is 17.1 Å². The zero-order valence-electron chi connectivity index (χ0n) is 29.7. The summed E-state index contributed by atoms with van der Waals surface area (Å²) in [6.45, 7) is 15.8. The average molecular weight is 679 g/mol. The standard InChI is InChI=1S/C35H47FN8O5/c1-21(2)29(38-9)25-16-22(10-12-27(25)37)30-26(36)18-40-31(42-30)41-28-13-11-23(17-39-28)43-14-15-44(32(45)48-34(3,4)5)24(19-43)20-47-33(46)49-35(6,7)8/h10-13,16-18,21,24,37-38H,14-15,19-20H2,1-9H3,(H,39,40,41,42)/b29-25-,37-27?. The van der Waals surface area contributed by atoms with Crippen LogP contribution in [-0.2, 0) is 14.2 Å². The van der Waals surface area contributed by atoms with Crippen molar-refractivity contribution in [3.63, 3.8) is 0 Å². The highest BCUT2D eigenvalue weighted by atomic mass is 19.1. The van der Waals surface area contributed by atoms with Gasteiger partial charge in [-0.3, -0.25) is 4.90 Å². The number of nitrogens with one attached hydrogen (secondary N) is 3. The molecule has 4 rings (SSSR count). The molecule has 13 nitrogen and oxygen atoms in total. The van der Waals surface area contributed by atoms with Gasteiger partial charge < -0.3 is 35.2 Å². The fourth-order valence-corrected chi connectivity index (χ4v) is 5.28. The molecule has 1 saturated heterocycles. The first-order chi connectivity index (χ1) is 22.9. The van der Waals surface area contributed by atoms with Gasteiger partial charge in [0.2, 0.25) is 5.95 Å². The second-order valence-electron chi connectivity index (χ2n) is 14.0. The van der Waals surface area contributed by atoms with E-state index in [-0.39, 0.29) is 24.2 Å². The van der Waals surface area contributed by atoms with Crippen LogP contribution < -0.4 is 15.5 Å². The lowest BCUT2D eigenvalue weighted by Crippen LogP contribution is -2.58. The molecule has 3 N–H and O–H groups in total. The number of hydrogen-bond acceptors (Lipinski definition) is 12. The van der Waals surface area contributed by atoms with E-state index in [4.69, 9.17) is 19.6 Å². The molecule has 1 aliphatic carbocycles. The first kappa shape index (κ1) is 36.8. The van der Waals surface area contributed by atoms with Gasteiger partial charge in [-0.05, 0) is 71.7 Å². The first-order valence-electron chi connectivity index (χ1n) is 16.2. The molecule has 2 aromatic heterocycles. The van der Waals surface area contributed by atoms with Gasteiger partial charge >= 0.3 is 12.2 Å². The van der Waals surface area contributed by atoms with E-state index in [9.17, 15) is 14.0 Å². The molecule has 0 bridgehead atoms. The van der Waals surface area contributed by atoms with Gasteiger partial charge in [-0.25, -0.2) is 28.9 Å². The summed E-state index contributed by atoms with van der Waals surface area (Å²) in [5.74, 6) is 0.131. The van der Waals surface area contributed by atoms with Crippen LogP contribution >= 0.6 is 0 Å². The lowest BCUT2D eigenvalue weighted by Gasteiger charge is -2.42. The van der Waals surface area contributed by atoms with Crippen LogP contribution in [0.4, 0.5) is 31.4 Å². The summed E-state index contributed by atoms with van der Waals surface area (Å²) in [5, 5.41) is 14.6. The third-order valence-electron chi connectivity index (χ3n) is 7.42. The summed E-state index contributed by atoms with van der Waals surface area (Å²) in [7, 11) is 1.80. The third kappa shape index (κ3) is 10.00. The van der Waals surface area contributed by atoms with E-state index in [1.807, 2.05) is 24.8 Å². The van der Waals surface area contributed by atoms with Gasteiger partial charge in [-0.1, -0.05) is 19.9 Å². The van der Waals surface area contributed by atoms with Crippen molar-refractivity contribution >= 4 is 41.0 Å². The summed E-state index contributed by atoms with van der Waals surface area (Å²) in [6, 6.07) is 3.10. The number of hydrogen-bond donors (Lipinski definition) is 3. The Morgan fingerprint density at radius 2 is 1.76 bits per heavy atom. The number of amides is 1. The second-order valence-corrected chi connectivity index (χ2v) is 14.0. The maximum Gasteiger partial charge on any atom is 0.508 e. The first-order valence-corrected chi connectivity index (χ1v) is 16.2. The van der Waals surface area contributed by atoms with Crippen LogP contribution in [0.3, 0.4) is 0 Å². The van der Waals surface area contributed by atoms with E-state index >= 15 is 0 Å². The highest BCUT2D eigenvalue weighted by molar-refractivity contribution is 6.13. The number of allylic oxidation sites excluding steroid dienone is 6. The van der Waals surface area contributed by atoms with Crippen molar-refractivity contribution in [3.05, 3.63) is 65.5 Å². The lowest BCUT2D eigenvalue weighted by molar-refractivity contribution is -0.0262. The minimum atomic E-state index is -0.817. The van der Waals surface area contributed by atoms with E-state index in [0.29, 0.717) is 42.3 Å². The van der Waals surface area contributed by atoms with Crippen LogP contribution in [0.2, 0.25) is 0 Å². The van der Waals surface area contributed by atoms with E-state index in [1.165, 1.54) is 0 Å². The van der Waals surface area contributed by atoms with Crippen molar-refractivity contribution in [3.8, 4) is 0 Å². The molecule has 0 radical (unpaired) electrons. The summed E-state index contributed by atoms with van der Waals surface area (Å²) < 4.78 is 31.3.